The molecule has 0 saturated heterocycles. The molecule has 3 N–H and O–H groups in total. The third-order valence-corrected chi connectivity index (χ3v) is 2.28. The number of anilines is 1. The Bertz CT molecular complexity index is 519. The highest BCUT2D eigenvalue weighted by atomic mass is 19.1. The molecule has 1 aromatic carbocycles. The Morgan fingerprint density at radius 1 is 1.18 bits per heavy atom. The molecule has 0 spiro atoms. The number of benzene rings is 1. The largest absolute Gasteiger partial charge is 0.394 e. The fraction of sp³-hybridized carbons (Fsp3) is 0.182. The van der Waals surface area contributed by atoms with E-state index in [4.69, 9.17) is 10.8 Å². The van der Waals surface area contributed by atoms with Gasteiger partial charge in [0.2, 0.25) is 0 Å². The van der Waals surface area contributed by atoms with Crippen molar-refractivity contribution < 1.29 is 13.9 Å². The van der Waals surface area contributed by atoms with Gasteiger partial charge in [0.15, 0.2) is 0 Å². The number of nitrogens with zero attached hydrogens (tertiary/aromatic N) is 2. The van der Waals surface area contributed by atoms with Gasteiger partial charge in [-0.15, -0.1) is 0 Å². The van der Waals surface area contributed by atoms with E-state index in [1.807, 2.05) is 0 Å². The molecule has 0 unspecified atom stereocenters. The molecule has 0 atom stereocenters. The van der Waals surface area contributed by atoms with Crippen LogP contribution in [0.1, 0.15) is 0 Å². The van der Waals surface area contributed by atoms with E-state index in [1.165, 1.54) is 22.9 Å². The third kappa shape index (κ3) is 2.42. The Kier molecular flexibility index (Phi) is 3.06. The Balaban J connectivity index is 2.42. The fourth-order valence-corrected chi connectivity index (χ4v) is 1.55. The number of aliphatic hydroxyl groups is 1. The van der Waals surface area contributed by atoms with Gasteiger partial charge in [0.1, 0.15) is 17.5 Å². The van der Waals surface area contributed by atoms with E-state index in [-0.39, 0.29) is 13.2 Å². The molecule has 0 fully saturated rings. The minimum absolute atomic E-state index is 0.108. The number of rotatable bonds is 3. The predicted molar refractivity (Wildman–Crippen MR) is 59.1 cm³/mol. The van der Waals surface area contributed by atoms with E-state index in [2.05, 4.69) is 5.10 Å². The van der Waals surface area contributed by atoms with Crippen LogP contribution in [-0.2, 0) is 6.54 Å². The quantitative estimate of drug-likeness (QED) is 0.851. The first-order valence-electron chi connectivity index (χ1n) is 5.01. The summed E-state index contributed by atoms with van der Waals surface area (Å²) in [6, 6.07) is 4.64. The van der Waals surface area contributed by atoms with Gasteiger partial charge in [-0.25, -0.2) is 13.5 Å². The topological polar surface area (TPSA) is 64.1 Å². The van der Waals surface area contributed by atoms with Crippen LogP contribution in [-0.4, -0.2) is 21.5 Å². The molecular weight excluding hydrogens is 228 g/mol. The van der Waals surface area contributed by atoms with Crippen LogP contribution in [0, 0.1) is 11.6 Å². The zero-order valence-corrected chi connectivity index (χ0v) is 8.90. The minimum atomic E-state index is -0.671. The van der Waals surface area contributed by atoms with Crippen LogP contribution in [0.3, 0.4) is 0 Å². The molecule has 0 radical (unpaired) electrons. The highest BCUT2D eigenvalue weighted by molar-refractivity contribution is 5.62. The Hall–Kier alpha value is -1.95. The number of aromatic nitrogens is 2. The van der Waals surface area contributed by atoms with Gasteiger partial charge in [-0.2, -0.15) is 5.10 Å². The highest BCUT2D eigenvalue weighted by Gasteiger charge is 2.09. The van der Waals surface area contributed by atoms with E-state index < -0.39 is 11.6 Å². The lowest BCUT2D eigenvalue weighted by Gasteiger charge is -2.00. The molecule has 6 heteroatoms. The van der Waals surface area contributed by atoms with Crippen LogP contribution in [0.5, 0.6) is 0 Å². The summed E-state index contributed by atoms with van der Waals surface area (Å²) in [5, 5.41) is 12.8. The number of hydrogen-bond acceptors (Lipinski definition) is 3. The molecule has 2 aromatic rings. The van der Waals surface area contributed by atoms with Crippen LogP contribution in [0.15, 0.2) is 24.3 Å². The second-order valence-electron chi connectivity index (χ2n) is 3.56. The third-order valence-electron chi connectivity index (χ3n) is 2.28. The number of halogens is 2. The summed E-state index contributed by atoms with van der Waals surface area (Å²) in [4.78, 5) is 0. The van der Waals surface area contributed by atoms with Gasteiger partial charge in [-0.05, 0) is 12.1 Å². The van der Waals surface area contributed by atoms with Crippen LogP contribution in [0.25, 0.3) is 11.3 Å². The van der Waals surface area contributed by atoms with Crippen LogP contribution in [0.4, 0.5) is 14.6 Å². The van der Waals surface area contributed by atoms with E-state index in [1.54, 1.807) is 0 Å². The fourth-order valence-electron chi connectivity index (χ4n) is 1.55. The molecule has 90 valence electrons. The molecule has 0 aliphatic rings. The number of hydrogen-bond donors (Lipinski definition) is 2. The maximum absolute atomic E-state index is 13.0. The summed E-state index contributed by atoms with van der Waals surface area (Å²) in [6.07, 6.45) is 0. The van der Waals surface area contributed by atoms with Crippen molar-refractivity contribution in [1.29, 1.82) is 0 Å². The standard InChI is InChI=1S/C11H11F2N3O/c12-8-3-7(4-9(13)5-8)10-6-11(14)16(15-10)1-2-17/h3-6,17H,1-2,14H2. The Morgan fingerprint density at radius 3 is 2.41 bits per heavy atom. The van der Waals surface area contributed by atoms with Crippen molar-refractivity contribution in [2.75, 3.05) is 12.3 Å². The smallest absolute Gasteiger partial charge is 0.126 e. The molecule has 1 aromatic heterocycles. The second-order valence-corrected chi connectivity index (χ2v) is 3.56. The van der Waals surface area contributed by atoms with Crippen LogP contribution in [0.2, 0.25) is 0 Å². The van der Waals surface area contributed by atoms with Gasteiger partial charge in [0, 0.05) is 17.7 Å². The molecular formula is C11H11F2N3O. The van der Waals surface area contributed by atoms with E-state index in [9.17, 15) is 8.78 Å². The lowest BCUT2D eigenvalue weighted by molar-refractivity contribution is 0.270. The summed E-state index contributed by atoms with van der Waals surface area (Å²) in [5.74, 6) is -1.01. The number of nitrogen functional groups attached to an aromatic ring is 1. The SMILES string of the molecule is Nc1cc(-c2cc(F)cc(F)c2)nn1CCO. The van der Waals surface area contributed by atoms with Gasteiger partial charge >= 0.3 is 0 Å². The zero-order chi connectivity index (χ0) is 12.4. The molecule has 1 heterocycles. The summed E-state index contributed by atoms with van der Waals surface area (Å²) >= 11 is 0. The van der Waals surface area contributed by atoms with Crippen molar-refractivity contribution in [1.82, 2.24) is 9.78 Å². The summed E-state index contributed by atoms with van der Waals surface area (Å²) in [7, 11) is 0. The van der Waals surface area contributed by atoms with Crippen LogP contribution >= 0.6 is 0 Å². The van der Waals surface area contributed by atoms with Crippen LogP contribution < -0.4 is 5.73 Å². The average molecular weight is 239 g/mol. The number of aliphatic hydroxyl groups excluding tert-OH is 1. The summed E-state index contributed by atoms with van der Waals surface area (Å²) in [5.41, 5.74) is 6.32. The Morgan fingerprint density at radius 2 is 1.82 bits per heavy atom. The zero-order valence-electron chi connectivity index (χ0n) is 8.90. The monoisotopic (exact) mass is 239 g/mol. The molecule has 0 aliphatic heterocycles. The van der Waals surface area contributed by atoms with Crippen molar-refractivity contribution in [2.24, 2.45) is 0 Å². The molecule has 0 amide bonds. The molecule has 0 saturated carbocycles. The van der Waals surface area contributed by atoms with E-state index in [0.29, 0.717) is 17.1 Å². The summed E-state index contributed by atoms with van der Waals surface area (Å²) in [6.45, 7) is 0.131. The van der Waals surface area contributed by atoms with Gasteiger partial charge < -0.3 is 10.8 Å². The van der Waals surface area contributed by atoms with Gasteiger partial charge in [-0.1, -0.05) is 0 Å². The first-order valence-corrected chi connectivity index (χ1v) is 5.01. The van der Waals surface area contributed by atoms with Crippen molar-refractivity contribution in [3.63, 3.8) is 0 Å². The van der Waals surface area contributed by atoms with Gasteiger partial charge in [0.05, 0.1) is 18.8 Å². The minimum Gasteiger partial charge on any atom is -0.394 e. The normalized spacial score (nSPS) is 10.8. The second kappa shape index (κ2) is 4.50. The van der Waals surface area contributed by atoms with Crippen molar-refractivity contribution in [3.05, 3.63) is 35.9 Å². The molecule has 0 bridgehead atoms. The average Bonchev–Trinajstić information content (AvgIpc) is 2.60. The van der Waals surface area contributed by atoms with Gasteiger partial charge in [-0.3, -0.25) is 0 Å². The van der Waals surface area contributed by atoms with Crippen molar-refractivity contribution in [3.8, 4) is 11.3 Å². The maximum Gasteiger partial charge on any atom is 0.126 e. The first kappa shape index (κ1) is 11.5. The molecule has 4 nitrogen and oxygen atoms in total. The predicted octanol–water partition coefficient (Wildman–Crippen LogP) is 1.40. The molecule has 2 rings (SSSR count). The Labute approximate surface area is 96.3 Å². The maximum atomic E-state index is 13.0. The van der Waals surface area contributed by atoms with E-state index >= 15 is 0 Å². The molecule has 0 aliphatic carbocycles. The molecule has 17 heavy (non-hydrogen) atoms. The highest BCUT2D eigenvalue weighted by Crippen LogP contribution is 2.22. The first-order chi connectivity index (χ1) is 8.10. The van der Waals surface area contributed by atoms with Gasteiger partial charge in [0.25, 0.3) is 0 Å². The van der Waals surface area contributed by atoms with Crippen molar-refractivity contribution >= 4 is 5.82 Å². The number of nitrogens with two attached hydrogens (primary N) is 1. The summed E-state index contributed by atoms with van der Waals surface area (Å²) < 4.78 is 27.4. The van der Waals surface area contributed by atoms with E-state index in [0.717, 1.165) is 6.07 Å². The lowest BCUT2D eigenvalue weighted by atomic mass is 10.1. The van der Waals surface area contributed by atoms with Crippen molar-refractivity contribution in [2.45, 2.75) is 6.54 Å². The lowest BCUT2D eigenvalue weighted by Crippen LogP contribution is -2.07.